The predicted molar refractivity (Wildman–Crippen MR) is 94.9 cm³/mol. The first kappa shape index (κ1) is 16.4. The van der Waals surface area contributed by atoms with Crippen LogP contribution in [0.15, 0.2) is 84.9 Å². The van der Waals surface area contributed by atoms with Crippen LogP contribution < -0.4 is 0 Å². The molecule has 0 saturated carbocycles. The minimum atomic E-state index is -0.297. The highest BCUT2D eigenvalue weighted by molar-refractivity contribution is 6.48. The highest BCUT2D eigenvalue weighted by atomic mass is 35.5. The van der Waals surface area contributed by atoms with Crippen molar-refractivity contribution in [2.24, 2.45) is 0 Å². The highest BCUT2D eigenvalue weighted by Gasteiger charge is 2.13. The number of rotatable bonds is 4. The third-order valence-corrected chi connectivity index (χ3v) is 4.17. The lowest BCUT2D eigenvalue weighted by molar-refractivity contribution is 0.626. The molecule has 0 heterocycles. The molecule has 0 aromatic heterocycles. The van der Waals surface area contributed by atoms with E-state index in [4.69, 9.17) is 11.6 Å². The molecule has 0 aliphatic heterocycles. The third-order valence-electron chi connectivity index (χ3n) is 3.82. The first-order valence-electron chi connectivity index (χ1n) is 7.57. The second-order valence-electron chi connectivity index (χ2n) is 5.46. The maximum atomic E-state index is 13.2. The van der Waals surface area contributed by atoms with E-state index in [-0.39, 0.29) is 17.6 Å². The molecule has 0 spiro atoms. The molecular weight excluding hydrogens is 326 g/mol. The normalized spacial score (nSPS) is 11.8. The summed E-state index contributed by atoms with van der Waals surface area (Å²) in [6.07, 6.45) is 1.90. The lowest BCUT2D eigenvalue weighted by Gasteiger charge is -2.15. The number of hydrogen-bond acceptors (Lipinski definition) is 0. The van der Waals surface area contributed by atoms with E-state index in [1.54, 1.807) is 24.3 Å². The van der Waals surface area contributed by atoms with Crippen LogP contribution in [0.4, 0.5) is 8.78 Å². The van der Waals surface area contributed by atoms with Crippen LogP contribution in [-0.4, -0.2) is 0 Å². The van der Waals surface area contributed by atoms with E-state index in [0.29, 0.717) is 5.03 Å². The summed E-state index contributed by atoms with van der Waals surface area (Å²) in [5, 5.41) is 0.592. The minimum absolute atomic E-state index is 0.195. The molecule has 0 radical (unpaired) electrons. The van der Waals surface area contributed by atoms with Gasteiger partial charge < -0.3 is 0 Å². The summed E-state index contributed by atoms with van der Waals surface area (Å²) in [6.45, 7) is 0. The van der Waals surface area contributed by atoms with Gasteiger partial charge in [0.2, 0.25) is 0 Å². The van der Waals surface area contributed by atoms with Crippen molar-refractivity contribution in [2.75, 3.05) is 0 Å². The molecule has 0 fully saturated rings. The summed E-state index contributed by atoms with van der Waals surface area (Å²) >= 11 is 6.48. The highest BCUT2D eigenvalue weighted by Crippen LogP contribution is 2.31. The van der Waals surface area contributed by atoms with Gasteiger partial charge >= 0.3 is 0 Å². The average Bonchev–Trinajstić information content (AvgIpc) is 2.62. The lowest BCUT2D eigenvalue weighted by atomic mass is 9.90. The SMILES string of the molecule is Fc1ccc(C(C=C(Cl)c2ccccc2)c2ccc(F)cc2)cc1. The summed E-state index contributed by atoms with van der Waals surface area (Å²) in [5.74, 6) is -0.789. The van der Waals surface area contributed by atoms with Crippen molar-refractivity contribution in [1.29, 1.82) is 0 Å². The molecule has 3 heteroatoms. The van der Waals surface area contributed by atoms with E-state index in [1.807, 2.05) is 36.4 Å². The Morgan fingerprint density at radius 3 is 1.62 bits per heavy atom. The van der Waals surface area contributed by atoms with E-state index in [2.05, 4.69) is 0 Å². The van der Waals surface area contributed by atoms with Crippen molar-refractivity contribution < 1.29 is 8.78 Å². The fourth-order valence-corrected chi connectivity index (χ4v) is 2.82. The first-order valence-corrected chi connectivity index (χ1v) is 7.95. The van der Waals surface area contributed by atoms with Crippen molar-refractivity contribution in [1.82, 2.24) is 0 Å². The van der Waals surface area contributed by atoms with Crippen LogP contribution in [0.2, 0.25) is 0 Å². The Balaban J connectivity index is 2.04. The van der Waals surface area contributed by atoms with Crippen molar-refractivity contribution >= 4 is 16.6 Å². The fourth-order valence-electron chi connectivity index (χ4n) is 2.57. The van der Waals surface area contributed by atoms with E-state index in [9.17, 15) is 8.78 Å². The van der Waals surface area contributed by atoms with Crippen LogP contribution in [0.25, 0.3) is 5.03 Å². The van der Waals surface area contributed by atoms with Gasteiger partial charge in [0.1, 0.15) is 11.6 Å². The van der Waals surface area contributed by atoms with Crippen LogP contribution >= 0.6 is 11.6 Å². The number of halogens is 3. The number of hydrogen-bond donors (Lipinski definition) is 0. The maximum Gasteiger partial charge on any atom is 0.123 e. The molecule has 0 amide bonds. The Labute approximate surface area is 145 Å². The van der Waals surface area contributed by atoms with Gasteiger partial charge in [-0.2, -0.15) is 0 Å². The standard InChI is InChI=1S/C21H15ClF2/c22-21(17-4-2-1-3-5-17)14-20(15-6-10-18(23)11-7-15)16-8-12-19(24)13-9-16/h1-14,20H. The van der Waals surface area contributed by atoms with Crippen molar-refractivity contribution in [3.63, 3.8) is 0 Å². The van der Waals surface area contributed by atoms with Crippen molar-refractivity contribution in [3.8, 4) is 0 Å². The first-order chi connectivity index (χ1) is 11.6. The zero-order valence-corrected chi connectivity index (χ0v) is 13.6. The van der Waals surface area contributed by atoms with Gasteiger partial charge in [-0.1, -0.05) is 72.3 Å². The number of allylic oxidation sites excluding steroid dienone is 1. The Morgan fingerprint density at radius 2 is 1.17 bits per heavy atom. The predicted octanol–water partition coefficient (Wildman–Crippen LogP) is 6.38. The second-order valence-corrected chi connectivity index (χ2v) is 5.87. The smallest absolute Gasteiger partial charge is 0.123 e. The van der Waals surface area contributed by atoms with Gasteiger partial charge in [-0.05, 0) is 41.0 Å². The molecular formula is C21H15ClF2. The molecule has 0 aliphatic rings. The zero-order valence-electron chi connectivity index (χ0n) is 12.8. The molecule has 120 valence electrons. The number of benzene rings is 3. The van der Waals surface area contributed by atoms with Gasteiger partial charge in [0.05, 0.1) is 0 Å². The molecule has 24 heavy (non-hydrogen) atoms. The largest absolute Gasteiger partial charge is 0.207 e. The molecule has 0 bridgehead atoms. The Kier molecular flexibility index (Phi) is 5.07. The summed E-state index contributed by atoms with van der Waals surface area (Å²) in [4.78, 5) is 0. The van der Waals surface area contributed by atoms with Crippen LogP contribution in [0.1, 0.15) is 22.6 Å². The van der Waals surface area contributed by atoms with E-state index in [0.717, 1.165) is 16.7 Å². The van der Waals surface area contributed by atoms with Crippen LogP contribution in [0.5, 0.6) is 0 Å². The van der Waals surface area contributed by atoms with Gasteiger partial charge in [0, 0.05) is 11.0 Å². The lowest BCUT2D eigenvalue weighted by Crippen LogP contribution is -1.99. The summed E-state index contributed by atoms with van der Waals surface area (Å²) < 4.78 is 26.5. The fraction of sp³-hybridized carbons (Fsp3) is 0.0476. The summed E-state index contributed by atoms with van der Waals surface area (Å²) in [6, 6.07) is 22.1. The Bertz CT molecular complexity index is 776. The second kappa shape index (κ2) is 7.41. The van der Waals surface area contributed by atoms with Crippen molar-refractivity contribution in [3.05, 3.63) is 113 Å². The maximum absolute atomic E-state index is 13.2. The van der Waals surface area contributed by atoms with Gasteiger partial charge in [-0.15, -0.1) is 0 Å². The molecule has 3 aromatic rings. The topological polar surface area (TPSA) is 0 Å². The Morgan fingerprint density at radius 1 is 0.708 bits per heavy atom. The molecule has 0 saturated heterocycles. The molecule has 0 aliphatic carbocycles. The molecule has 0 N–H and O–H groups in total. The van der Waals surface area contributed by atoms with Crippen LogP contribution in [0, 0.1) is 11.6 Å². The summed E-state index contributed by atoms with van der Waals surface area (Å²) in [5.41, 5.74) is 2.67. The molecule has 0 unspecified atom stereocenters. The quantitative estimate of drug-likeness (QED) is 0.517. The molecule has 3 aromatic carbocycles. The third kappa shape index (κ3) is 3.90. The minimum Gasteiger partial charge on any atom is -0.207 e. The van der Waals surface area contributed by atoms with Crippen LogP contribution in [-0.2, 0) is 0 Å². The zero-order chi connectivity index (χ0) is 16.9. The van der Waals surface area contributed by atoms with Crippen molar-refractivity contribution in [2.45, 2.75) is 5.92 Å². The monoisotopic (exact) mass is 340 g/mol. The van der Waals surface area contributed by atoms with E-state index in [1.165, 1.54) is 24.3 Å². The van der Waals surface area contributed by atoms with E-state index >= 15 is 0 Å². The van der Waals surface area contributed by atoms with Gasteiger partial charge in [0.15, 0.2) is 0 Å². The average molecular weight is 341 g/mol. The van der Waals surface area contributed by atoms with E-state index < -0.39 is 0 Å². The molecule has 0 atom stereocenters. The van der Waals surface area contributed by atoms with Gasteiger partial charge in [-0.3, -0.25) is 0 Å². The van der Waals surface area contributed by atoms with Gasteiger partial charge in [0.25, 0.3) is 0 Å². The summed E-state index contributed by atoms with van der Waals surface area (Å²) in [7, 11) is 0. The van der Waals surface area contributed by atoms with Gasteiger partial charge in [-0.25, -0.2) is 8.78 Å². The van der Waals surface area contributed by atoms with Crippen LogP contribution in [0.3, 0.4) is 0 Å². The Hall–Kier alpha value is -2.45. The molecule has 0 nitrogen and oxygen atoms in total. The molecule has 3 rings (SSSR count).